The minimum Gasteiger partial charge on any atom is -0.397 e. The fraction of sp³-hybridized carbons (Fsp3) is 0.800. The maximum atomic E-state index is 13.7. The highest BCUT2D eigenvalue weighted by Crippen LogP contribution is 2.57. The van der Waals surface area contributed by atoms with E-state index in [4.69, 9.17) is 11.6 Å². The molecule has 0 fully saturated rings. The van der Waals surface area contributed by atoms with Crippen molar-refractivity contribution in [3.63, 3.8) is 0 Å². The molecule has 0 aliphatic rings. The molecule has 0 rings (SSSR count). The first-order chi connectivity index (χ1) is 10.4. The standard InChI is InChI=1S/C10H8ClF11O2/c1-6(3-11,23-2)7(15,16)8(17,18)9(19,20)10(21,22)24-5(14)4(12)13/h3H2,1-2H3. The molecule has 0 bridgehead atoms. The Morgan fingerprint density at radius 1 is 0.833 bits per heavy atom. The minimum absolute atomic E-state index is 0.102. The van der Waals surface area contributed by atoms with E-state index in [0.717, 1.165) is 0 Å². The third-order valence-electron chi connectivity index (χ3n) is 2.89. The SMILES string of the molecule is COC(C)(CCl)C(F)(F)C(F)(F)C(F)(F)C(F)(F)OC(F)=C(F)F. The van der Waals surface area contributed by atoms with E-state index in [1.165, 1.54) is 0 Å². The van der Waals surface area contributed by atoms with Crippen molar-refractivity contribution in [1.82, 2.24) is 0 Å². The first-order valence-electron chi connectivity index (χ1n) is 5.47. The highest BCUT2D eigenvalue weighted by molar-refractivity contribution is 6.18. The van der Waals surface area contributed by atoms with E-state index in [-0.39, 0.29) is 6.92 Å². The zero-order valence-corrected chi connectivity index (χ0v) is 12.3. The molecule has 1 atom stereocenters. The van der Waals surface area contributed by atoms with Crippen LogP contribution in [0.15, 0.2) is 12.1 Å². The zero-order chi connectivity index (χ0) is 19.8. The predicted molar refractivity (Wildman–Crippen MR) is 57.4 cm³/mol. The van der Waals surface area contributed by atoms with Crippen molar-refractivity contribution in [3.05, 3.63) is 12.1 Å². The van der Waals surface area contributed by atoms with Gasteiger partial charge in [-0.3, -0.25) is 0 Å². The zero-order valence-electron chi connectivity index (χ0n) is 11.6. The van der Waals surface area contributed by atoms with Crippen LogP contribution in [0.5, 0.6) is 0 Å². The van der Waals surface area contributed by atoms with Gasteiger partial charge in [-0.25, -0.2) is 0 Å². The molecule has 14 heteroatoms. The molecule has 0 saturated carbocycles. The third-order valence-corrected chi connectivity index (χ3v) is 3.40. The molecule has 0 spiro atoms. The molecule has 0 aliphatic heterocycles. The lowest BCUT2D eigenvalue weighted by Crippen LogP contribution is -2.69. The van der Waals surface area contributed by atoms with Crippen LogP contribution in [0, 0.1) is 0 Å². The Bertz CT molecular complexity index is 483. The second kappa shape index (κ2) is 6.73. The summed E-state index contributed by atoms with van der Waals surface area (Å²) in [6.07, 6.45) is -10.5. The van der Waals surface area contributed by atoms with Crippen LogP contribution in [0.4, 0.5) is 48.3 Å². The van der Waals surface area contributed by atoms with Gasteiger partial charge in [-0.05, 0) is 6.92 Å². The van der Waals surface area contributed by atoms with Gasteiger partial charge in [0.25, 0.3) is 0 Å². The predicted octanol–water partition coefficient (Wildman–Crippen LogP) is 5.18. The van der Waals surface area contributed by atoms with Crippen LogP contribution in [0.2, 0.25) is 0 Å². The van der Waals surface area contributed by atoms with Gasteiger partial charge in [0, 0.05) is 7.11 Å². The van der Waals surface area contributed by atoms with E-state index in [2.05, 4.69) is 9.47 Å². The van der Waals surface area contributed by atoms with Gasteiger partial charge in [-0.1, -0.05) is 0 Å². The Labute approximate surface area is 132 Å². The van der Waals surface area contributed by atoms with Crippen molar-refractivity contribution in [2.75, 3.05) is 13.0 Å². The topological polar surface area (TPSA) is 18.5 Å². The number of halogens is 12. The first kappa shape index (κ1) is 23.0. The summed E-state index contributed by atoms with van der Waals surface area (Å²) >= 11 is 4.92. The molecule has 0 heterocycles. The van der Waals surface area contributed by atoms with Crippen molar-refractivity contribution >= 4 is 11.6 Å². The summed E-state index contributed by atoms with van der Waals surface area (Å²) in [7, 11) is 0.347. The molecule has 24 heavy (non-hydrogen) atoms. The molecule has 0 saturated heterocycles. The molecule has 0 aromatic heterocycles. The Hall–Kier alpha value is -0.980. The molecule has 0 aromatic rings. The second-order valence-corrected chi connectivity index (χ2v) is 4.71. The molecule has 0 N–H and O–H groups in total. The summed E-state index contributed by atoms with van der Waals surface area (Å²) in [6.45, 7) is 0.102. The van der Waals surface area contributed by atoms with E-state index in [9.17, 15) is 48.3 Å². The number of ether oxygens (including phenoxy) is 2. The lowest BCUT2D eigenvalue weighted by atomic mass is 9.90. The van der Waals surface area contributed by atoms with Crippen LogP contribution in [0.1, 0.15) is 6.92 Å². The Morgan fingerprint density at radius 3 is 1.54 bits per heavy atom. The maximum absolute atomic E-state index is 13.7. The molecule has 1 unspecified atom stereocenters. The van der Waals surface area contributed by atoms with Gasteiger partial charge in [0.2, 0.25) is 0 Å². The first-order valence-corrected chi connectivity index (χ1v) is 6.00. The molecule has 0 aromatic carbocycles. The summed E-state index contributed by atoms with van der Waals surface area (Å²) in [5, 5.41) is 0. The lowest BCUT2D eigenvalue weighted by Gasteiger charge is -2.42. The fourth-order valence-corrected chi connectivity index (χ4v) is 1.47. The van der Waals surface area contributed by atoms with Crippen molar-refractivity contribution < 1.29 is 57.8 Å². The van der Waals surface area contributed by atoms with Crippen LogP contribution in [0.25, 0.3) is 0 Å². The van der Waals surface area contributed by atoms with E-state index in [0.29, 0.717) is 7.11 Å². The average Bonchev–Trinajstić information content (AvgIpc) is 2.44. The van der Waals surface area contributed by atoms with E-state index in [1.807, 2.05) is 0 Å². The summed E-state index contributed by atoms with van der Waals surface area (Å²) < 4.78 is 148. The number of alkyl halides is 9. The molecule has 2 nitrogen and oxygen atoms in total. The summed E-state index contributed by atoms with van der Waals surface area (Å²) in [5.41, 5.74) is -3.57. The van der Waals surface area contributed by atoms with Crippen LogP contribution in [0.3, 0.4) is 0 Å². The van der Waals surface area contributed by atoms with Gasteiger partial charge in [0.15, 0.2) is 0 Å². The largest absolute Gasteiger partial charge is 0.472 e. The molecule has 0 aliphatic carbocycles. The normalized spacial score (nSPS) is 16.6. The van der Waals surface area contributed by atoms with Gasteiger partial charge >= 0.3 is 36.0 Å². The Morgan fingerprint density at radius 2 is 1.25 bits per heavy atom. The van der Waals surface area contributed by atoms with Crippen LogP contribution in [-0.2, 0) is 9.47 Å². The van der Waals surface area contributed by atoms with E-state index in [1.54, 1.807) is 0 Å². The van der Waals surface area contributed by atoms with Gasteiger partial charge < -0.3 is 9.47 Å². The Kier molecular flexibility index (Phi) is 6.46. The molecule has 0 radical (unpaired) electrons. The molecular formula is C10H8ClF11O2. The van der Waals surface area contributed by atoms with Crippen LogP contribution in [-0.4, -0.2) is 42.5 Å². The van der Waals surface area contributed by atoms with Crippen molar-refractivity contribution in [1.29, 1.82) is 0 Å². The summed E-state index contributed by atoms with van der Waals surface area (Å²) in [4.78, 5) is 0. The van der Waals surface area contributed by atoms with Crippen molar-refractivity contribution in [2.45, 2.75) is 36.4 Å². The van der Waals surface area contributed by atoms with Crippen LogP contribution < -0.4 is 0 Å². The molecule has 0 amide bonds. The minimum atomic E-state index is -7.14. The van der Waals surface area contributed by atoms with Gasteiger partial charge in [0.1, 0.15) is 5.60 Å². The van der Waals surface area contributed by atoms with Gasteiger partial charge in [-0.15, -0.1) is 11.6 Å². The Balaban J connectivity index is 6.12. The van der Waals surface area contributed by atoms with Crippen molar-refractivity contribution in [2.24, 2.45) is 0 Å². The molecular weight excluding hydrogens is 397 g/mol. The monoisotopic (exact) mass is 404 g/mol. The highest BCUT2D eigenvalue weighted by Gasteiger charge is 2.86. The molecule has 144 valence electrons. The summed E-state index contributed by atoms with van der Waals surface area (Å²) in [5.74, 6) is -21.7. The number of hydrogen-bond acceptors (Lipinski definition) is 2. The number of hydrogen-bond donors (Lipinski definition) is 0. The van der Waals surface area contributed by atoms with Gasteiger partial charge in [0.05, 0.1) is 5.88 Å². The fourth-order valence-electron chi connectivity index (χ4n) is 1.19. The second-order valence-electron chi connectivity index (χ2n) is 4.44. The van der Waals surface area contributed by atoms with E-state index < -0.39 is 47.5 Å². The smallest absolute Gasteiger partial charge is 0.397 e. The van der Waals surface area contributed by atoms with E-state index >= 15 is 0 Å². The highest BCUT2D eigenvalue weighted by atomic mass is 35.5. The van der Waals surface area contributed by atoms with Gasteiger partial charge in [-0.2, -0.15) is 48.3 Å². The quantitative estimate of drug-likeness (QED) is 0.315. The average molecular weight is 405 g/mol. The third kappa shape index (κ3) is 3.37. The number of rotatable bonds is 8. The summed E-state index contributed by atoms with van der Waals surface area (Å²) in [6, 6.07) is -3.65. The number of methoxy groups -OCH3 is 1. The van der Waals surface area contributed by atoms with Crippen molar-refractivity contribution in [3.8, 4) is 0 Å². The lowest BCUT2D eigenvalue weighted by molar-refractivity contribution is -0.436. The van der Waals surface area contributed by atoms with Crippen LogP contribution >= 0.6 is 11.6 Å². The maximum Gasteiger partial charge on any atom is 0.472 e.